The van der Waals surface area contributed by atoms with Crippen molar-refractivity contribution < 1.29 is 12.8 Å². The van der Waals surface area contributed by atoms with Crippen molar-refractivity contribution >= 4 is 27.3 Å². The average Bonchev–Trinajstić information content (AvgIpc) is 2.59. The summed E-state index contributed by atoms with van der Waals surface area (Å²) in [4.78, 5) is 2.14. The van der Waals surface area contributed by atoms with Gasteiger partial charge in [-0.2, -0.15) is 4.31 Å². The lowest BCUT2D eigenvalue weighted by Crippen LogP contribution is -2.49. The Labute approximate surface area is 152 Å². The van der Waals surface area contributed by atoms with Gasteiger partial charge in [-0.1, -0.05) is 35.9 Å². The molecule has 0 aliphatic carbocycles. The Hall–Kier alpha value is -1.63. The summed E-state index contributed by atoms with van der Waals surface area (Å²) in [6, 6.07) is 11.7. The maximum absolute atomic E-state index is 13.7. The van der Waals surface area contributed by atoms with E-state index in [0.717, 1.165) is 11.3 Å². The van der Waals surface area contributed by atoms with Crippen LogP contribution in [0.5, 0.6) is 0 Å². The molecule has 0 saturated carbocycles. The van der Waals surface area contributed by atoms with E-state index in [4.69, 9.17) is 11.6 Å². The first-order valence-electron chi connectivity index (χ1n) is 8.09. The number of rotatable bonds is 4. The lowest BCUT2D eigenvalue weighted by molar-refractivity contribution is 0.384. The molecular formula is C18H20ClFN2O2S. The number of hydrogen-bond acceptors (Lipinski definition) is 3. The maximum Gasteiger partial charge on any atom is 0.218 e. The second-order valence-corrected chi connectivity index (χ2v) is 8.57. The molecule has 1 heterocycles. The Morgan fingerprint density at radius 2 is 1.76 bits per heavy atom. The molecule has 0 atom stereocenters. The number of benzene rings is 2. The van der Waals surface area contributed by atoms with E-state index < -0.39 is 15.8 Å². The molecule has 25 heavy (non-hydrogen) atoms. The number of aryl methyl sites for hydroxylation is 1. The van der Waals surface area contributed by atoms with E-state index in [0.29, 0.717) is 31.2 Å². The summed E-state index contributed by atoms with van der Waals surface area (Å²) in [6.45, 7) is 3.92. The van der Waals surface area contributed by atoms with Gasteiger partial charge in [0.1, 0.15) is 5.82 Å². The molecule has 1 fully saturated rings. The number of anilines is 1. The average molecular weight is 383 g/mol. The molecule has 4 nitrogen and oxygen atoms in total. The van der Waals surface area contributed by atoms with Crippen molar-refractivity contribution in [2.75, 3.05) is 31.1 Å². The van der Waals surface area contributed by atoms with Gasteiger partial charge in [0.25, 0.3) is 0 Å². The van der Waals surface area contributed by atoms with Crippen LogP contribution in [-0.4, -0.2) is 38.9 Å². The van der Waals surface area contributed by atoms with Crippen LogP contribution in [0.2, 0.25) is 5.02 Å². The van der Waals surface area contributed by atoms with Gasteiger partial charge in [-0.15, -0.1) is 0 Å². The van der Waals surface area contributed by atoms with Crippen molar-refractivity contribution in [1.29, 1.82) is 0 Å². The van der Waals surface area contributed by atoms with Crippen molar-refractivity contribution in [3.8, 4) is 0 Å². The van der Waals surface area contributed by atoms with E-state index in [2.05, 4.69) is 4.90 Å². The van der Waals surface area contributed by atoms with Gasteiger partial charge in [0.15, 0.2) is 0 Å². The van der Waals surface area contributed by atoms with Crippen LogP contribution in [0.1, 0.15) is 11.1 Å². The highest BCUT2D eigenvalue weighted by Gasteiger charge is 2.28. The van der Waals surface area contributed by atoms with Gasteiger partial charge in [-0.3, -0.25) is 0 Å². The summed E-state index contributed by atoms with van der Waals surface area (Å²) >= 11 is 6.07. The van der Waals surface area contributed by atoms with Gasteiger partial charge >= 0.3 is 0 Å². The number of hydrogen-bond donors (Lipinski definition) is 0. The molecule has 3 rings (SSSR count). The van der Waals surface area contributed by atoms with E-state index in [1.807, 2.05) is 25.1 Å². The van der Waals surface area contributed by atoms with Gasteiger partial charge in [0, 0.05) is 42.5 Å². The quantitative estimate of drug-likeness (QED) is 0.813. The fraction of sp³-hybridized carbons (Fsp3) is 0.333. The highest BCUT2D eigenvalue weighted by atomic mass is 35.5. The van der Waals surface area contributed by atoms with E-state index in [1.54, 1.807) is 12.1 Å². The number of nitrogens with zero attached hydrogens (tertiary/aromatic N) is 2. The molecule has 1 aliphatic heterocycles. The zero-order valence-electron chi connectivity index (χ0n) is 14.0. The number of piperazine rings is 1. The molecule has 1 aliphatic rings. The Balaban J connectivity index is 1.69. The first kappa shape index (κ1) is 18.2. The molecule has 0 unspecified atom stereocenters. The van der Waals surface area contributed by atoms with Crippen molar-refractivity contribution in [1.82, 2.24) is 4.31 Å². The highest BCUT2D eigenvalue weighted by molar-refractivity contribution is 7.88. The predicted molar refractivity (Wildman–Crippen MR) is 99.0 cm³/mol. The lowest BCUT2D eigenvalue weighted by Gasteiger charge is -2.36. The van der Waals surface area contributed by atoms with Crippen LogP contribution in [0.3, 0.4) is 0 Å². The first-order valence-corrected chi connectivity index (χ1v) is 10.1. The molecular weight excluding hydrogens is 363 g/mol. The summed E-state index contributed by atoms with van der Waals surface area (Å²) in [5.41, 5.74) is 2.33. The maximum atomic E-state index is 13.7. The second kappa shape index (κ2) is 7.32. The minimum atomic E-state index is -3.54. The monoisotopic (exact) mass is 382 g/mol. The fourth-order valence-corrected chi connectivity index (χ4v) is 4.73. The third-order valence-electron chi connectivity index (χ3n) is 4.44. The van der Waals surface area contributed by atoms with Crippen LogP contribution in [0.4, 0.5) is 10.1 Å². The van der Waals surface area contributed by atoms with E-state index in [-0.39, 0.29) is 11.3 Å². The van der Waals surface area contributed by atoms with Crippen molar-refractivity contribution in [2.45, 2.75) is 12.7 Å². The van der Waals surface area contributed by atoms with Crippen LogP contribution in [-0.2, 0) is 15.8 Å². The third kappa shape index (κ3) is 4.14. The predicted octanol–water partition coefficient (Wildman–Crippen LogP) is 3.44. The Kier molecular flexibility index (Phi) is 5.32. The van der Waals surface area contributed by atoms with Crippen LogP contribution < -0.4 is 4.90 Å². The molecule has 0 aromatic heterocycles. The number of sulfonamides is 1. The topological polar surface area (TPSA) is 40.6 Å². The molecule has 0 N–H and O–H groups in total. The van der Waals surface area contributed by atoms with Gasteiger partial charge in [0.2, 0.25) is 10.0 Å². The fourth-order valence-electron chi connectivity index (χ4n) is 3.03. The lowest BCUT2D eigenvalue weighted by atomic mass is 10.1. The Morgan fingerprint density at radius 1 is 1.08 bits per heavy atom. The van der Waals surface area contributed by atoms with E-state index >= 15 is 0 Å². The largest absolute Gasteiger partial charge is 0.369 e. The zero-order valence-corrected chi connectivity index (χ0v) is 15.5. The van der Waals surface area contributed by atoms with Crippen molar-refractivity contribution in [3.63, 3.8) is 0 Å². The van der Waals surface area contributed by atoms with Crippen molar-refractivity contribution in [3.05, 3.63) is 64.4 Å². The summed E-state index contributed by atoms with van der Waals surface area (Å²) in [6.07, 6.45) is 0. The summed E-state index contributed by atoms with van der Waals surface area (Å²) in [5, 5.41) is 0.662. The summed E-state index contributed by atoms with van der Waals surface area (Å²) < 4.78 is 40.4. The van der Waals surface area contributed by atoms with Gasteiger partial charge in [0.05, 0.1) is 5.75 Å². The van der Waals surface area contributed by atoms with Gasteiger partial charge < -0.3 is 4.90 Å². The zero-order chi connectivity index (χ0) is 18.0. The summed E-state index contributed by atoms with van der Waals surface area (Å²) in [5.74, 6) is -0.796. The molecule has 0 spiro atoms. The minimum Gasteiger partial charge on any atom is -0.369 e. The van der Waals surface area contributed by atoms with E-state index in [1.165, 1.54) is 16.4 Å². The number of halogens is 2. The smallest absolute Gasteiger partial charge is 0.218 e. The first-order chi connectivity index (χ1) is 11.9. The van der Waals surface area contributed by atoms with Crippen LogP contribution in [0, 0.1) is 12.7 Å². The van der Waals surface area contributed by atoms with Crippen LogP contribution in [0.25, 0.3) is 0 Å². The summed E-state index contributed by atoms with van der Waals surface area (Å²) in [7, 11) is -3.54. The van der Waals surface area contributed by atoms with E-state index in [9.17, 15) is 12.8 Å². The molecule has 134 valence electrons. The minimum absolute atomic E-state index is 0.204. The normalized spacial score (nSPS) is 16.2. The second-order valence-electron chi connectivity index (χ2n) is 6.16. The molecule has 0 amide bonds. The molecule has 1 saturated heterocycles. The van der Waals surface area contributed by atoms with Crippen LogP contribution in [0.15, 0.2) is 42.5 Å². The molecule has 2 aromatic carbocycles. The molecule has 0 radical (unpaired) electrons. The Morgan fingerprint density at radius 3 is 2.44 bits per heavy atom. The highest BCUT2D eigenvalue weighted by Crippen LogP contribution is 2.26. The SMILES string of the molecule is Cc1ccc(Cl)cc1N1CCN(S(=O)(=O)Cc2ccccc2F)CC1. The molecule has 0 bridgehead atoms. The van der Waals surface area contributed by atoms with Crippen molar-refractivity contribution in [2.24, 2.45) is 0 Å². The third-order valence-corrected chi connectivity index (χ3v) is 6.50. The molecule has 7 heteroatoms. The van der Waals surface area contributed by atoms with Crippen LogP contribution >= 0.6 is 11.6 Å². The van der Waals surface area contributed by atoms with Gasteiger partial charge in [-0.05, 0) is 30.7 Å². The Bertz CT molecular complexity index is 865. The molecule has 2 aromatic rings. The van der Waals surface area contributed by atoms with Gasteiger partial charge in [-0.25, -0.2) is 12.8 Å². The standard InChI is InChI=1S/C18H20ClFN2O2S/c1-14-6-7-16(19)12-18(14)21-8-10-22(11-9-21)25(23,24)13-15-4-2-3-5-17(15)20/h2-7,12H,8-11,13H2,1H3.